The molecule has 0 fully saturated rings. The van der Waals surface area contributed by atoms with Gasteiger partial charge >= 0.3 is 6.18 Å². The van der Waals surface area contributed by atoms with Crippen molar-refractivity contribution < 1.29 is 18.0 Å². The normalized spacial score (nSPS) is 12.7. The van der Waals surface area contributed by atoms with Gasteiger partial charge in [0, 0.05) is 17.3 Å². The predicted molar refractivity (Wildman–Crippen MR) is 78.0 cm³/mol. The van der Waals surface area contributed by atoms with E-state index in [4.69, 9.17) is 5.26 Å². The van der Waals surface area contributed by atoms with Crippen LogP contribution in [-0.2, 0) is 11.0 Å². The first kappa shape index (κ1) is 17.4. The molecule has 0 spiro atoms. The fourth-order valence-electron chi connectivity index (χ4n) is 1.56. The minimum Gasteiger partial charge on any atom is -0.297 e. The fourth-order valence-corrected chi connectivity index (χ4v) is 3.15. The Balaban J connectivity index is 2.05. The average molecular weight is 358 g/mol. The molecule has 0 aliphatic rings. The molecule has 2 aromatic rings. The summed E-state index contributed by atoms with van der Waals surface area (Å²) in [5.74, 6) is -1.70. The molecule has 0 radical (unpaired) electrons. The van der Waals surface area contributed by atoms with Gasteiger partial charge in [-0.25, -0.2) is 15.0 Å². The van der Waals surface area contributed by atoms with E-state index in [1.54, 1.807) is 12.3 Å². The Labute approximate surface area is 137 Å². The van der Waals surface area contributed by atoms with E-state index in [1.165, 1.54) is 11.3 Å². The van der Waals surface area contributed by atoms with Crippen molar-refractivity contribution in [2.75, 3.05) is 5.75 Å². The number of ketones is 1. The van der Waals surface area contributed by atoms with Crippen LogP contribution in [0.2, 0.25) is 0 Å². The third-order valence-corrected chi connectivity index (χ3v) is 4.51. The van der Waals surface area contributed by atoms with Crippen LogP contribution in [0, 0.1) is 18.3 Å². The number of thioether (sulfide) groups is 1. The number of carbonyl (C=O) groups excluding carboxylic acids is 1. The highest BCUT2D eigenvalue weighted by atomic mass is 32.2. The van der Waals surface area contributed by atoms with Crippen molar-refractivity contribution in [3.8, 4) is 6.07 Å². The molecule has 0 bridgehead atoms. The van der Waals surface area contributed by atoms with Gasteiger partial charge in [-0.05, 0) is 13.0 Å². The number of nitrogens with zero attached hydrogens (tertiary/aromatic N) is 4. The van der Waals surface area contributed by atoms with E-state index >= 15 is 0 Å². The smallest absolute Gasteiger partial charge is 0.297 e. The molecule has 0 aliphatic heterocycles. The number of thiazole rings is 1. The van der Waals surface area contributed by atoms with Gasteiger partial charge in [0.25, 0.3) is 0 Å². The third kappa shape index (κ3) is 4.49. The van der Waals surface area contributed by atoms with Crippen molar-refractivity contribution in [3.63, 3.8) is 0 Å². The topological polar surface area (TPSA) is 79.5 Å². The maximum atomic E-state index is 12.6. The van der Waals surface area contributed by atoms with Gasteiger partial charge in [-0.15, -0.1) is 11.3 Å². The molecule has 23 heavy (non-hydrogen) atoms. The fraction of sp³-hybridized carbons (Fsp3) is 0.308. The van der Waals surface area contributed by atoms with Crippen LogP contribution in [0.4, 0.5) is 13.2 Å². The molecule has 0 aliphatic carbocycles. The summed E-state index contributed by atoms with van der Waals surface area (Å²) in [6.07, 6.45) is -3.59. The van der Waals surface area contributed by atoms with Crippen LogP contribution in [0.3, 0.4) is 0 Å². The number of halogens is 3. The predicted octanol–water partition coefficient (Wildman–Crippen LogP) is 3.23. The second-order valence-electron chi connectivity index (χ2n) is 4.37. The highest BCUT2D eigenvalue weighted by molar-refractivity contribution is 7.99. The molecular formula is C13H9F3N4OS2. The Kier molecular flexibility index (Phi) is 5.33. The van der Waals surface area contributed by atoms with Crippen molar-refractivity contribution in [1.29, 1.82) is 5.26 Å². The SMILES string of the molecule is Cc1csc([C@@H](C#N)C(=O)CSc2nccc(C(F)(F)F)n2)n1. The molecule has 2 heterocycles. The summed E-state index contributed by atoms with van der Waals surface area (Å²) in [7, 11) is 0. The van der Waals surface area contributed by atoms with Gasteiger partial charge < -0.3 is 0 Å². The number of carbonyl (C=O) groups is 1. The van der Waals surface area contributed by atoms with Crippen molar-refractivity contribution >= 4 is 28.9 Å². The molecule has 1 atom stereocenters. The molecule has 120 valence electrons. The lowest BCUT2D eigenvalue weighted by Gasteiger charge is -2.07. The van der Waals surface area contributed by atoms with Crippen LogP contribution in [0.15, 0.2) is 22.8 Å². The minimum absolute atomic E-state index is 0.166. The van der Waals surface area contributed by atoms with Crippen molar-refractivity contribution in [2.45, 2.75) is 24.2 Å². The zero-order chi connectivity index (χ0) is 17.0. The van der Waals surface area contributed by atoms with Crippen LogP contribution in [0.1, 0.15) is 22.3 Å². The van der Waals surface area contributed by atoms with Crippen LogP contribution in [0.25, 0.3) is 0 Å². The lowest BCUT2D eigenvalue weighted by atomic mass is 10.1. The van der Waals surface area contributed by atoms with E-state index in [0.717, 1.165) is 24.0 Å². The maximum absolute atomic E-state index is 12.6. The highest BCUT2D eigenvalue weighted by Crippen LogP contribution is 2.29. The summed E-state index contributed by atoms with van der Waals surface area (Å²) in [6, 6.07) is 2.62. The molecule has 0 N–H and O–H groups in total. The van der Waals surface area contributed by atoms with Gasteiger partial charge in [0.05, 0.1) is 11.8 Å². The number of rotatable bonds is 5. The summed E-state index contributed by atoms with van der Waals surface area (Å²) in [4.78, 5) is 23.2. The summed E-state index contributed by atoms with van der Waals surface area (Å²) in [5, 5.41) is 11.0. The summed E-state index contributed by atoms with van der Waals surface area (Å²) >= 11 is 1.95. The first-order valence-electron chi connectivity index (χ1n) is 6.18. The Morgan fingerprint density at radius 1 is 1.48 bits per heavy atom. The zero-order valence-electron chi connectivity index (χ0n) is 11.7. The molecule has 0 saturated carbocycles. The maximum Gasteiger partial charge on any atom is 0.433 e. The Morgan fingerprint density at radius 3 is 2.78 bits per heavy atom. The van der Waals surface area contributed by atoms with E-state index in [-0.39, 0.29) is 10.9 Å². The van der Waals surface area contributed by atoms with E-state index in [1.807, 2.05) is 6.07 Å². The van der Waals surface area contributed by atoms with E-state index in [2.05, 4.69) is 15.0 Å². The Morgan fingerprint density at radius 2 is 2.22 bits per heavy atom. The van der Waals surface area contributed by atoms with Gasteiger partial charge in [-0.1, -0.05) is 11.8 Å². The number of nitriles is 1. The first-order chi connectivity index (χ1) is 10.8. The van der Waals surface area contributed by atoms with Gasteiger partial charge in [-0.2, -0.15) is 18.4 Å². The highest BCUT2D eigenvalue weighted by Gasteiger charge is 2.33. The zero-order valence-corrected chi connectivity index (χ0v) is 13.3. The first-order valence-corrected chi connectivity index (χ1v) is 8.05. The molecule has 0 aromatic carbocycles. The van der Waals surface area contributed by atoms with Crippen LogP contribution >= 0.6 is 23.1 Å². The Hall–Kier alpha value is -1.99. The third-order valence-electron chi connectivity index (χ3n) is 2.60. The number of hydrogen-bond donors (Lipinski definition) is 0. The molecule has 10 heteroatoms. The quantitative estimate of drug-likeness (QED) is 0.603. The molecule has 0 unspecified atom stereocenters. The Bertz CT molecular complexity index is 754. The number of hydrogen-bond acceptors (Lipinski definition) is 7. The van der Waals surface area contributed by atoms with Crippen molar-refractivity contribution in [1.82, 2.24) is 15.0 Å². The second kappa shape index (κ2) is 7.06. The molecule has 2 aromatic heterocycles. The van der Waals surface area contributed by atoms with E-state index in [9.17, 15) is 18.0 Å². The standard InChI is InChI=1S/C13H9F3N4OS2/c1-7-5-22-11(19-7)8(4-17)9(21)6-23-12-18-3-2-10(20-12)13(14,15)16/h2-3,5,8H,6H2,1H3/t8-/m0/s1. The van der Waals surface area contributed by atoms with Gasteiger partial charge in [0.1, 0.15) is 10.7 Å². The molecule has 0 amide bonds. The summed E-state index contributed by atoms with van der Waals surface area (Å²) < 4.78 is 37.7. The van der Waals surface area contributed by atoms with Gasteiger partial charge in [0.2, 0.25) is 0 Å². The summed E-state index contributed by atoms with van der Waals surface area (Å²) in [5.41, 5.74) is -0.373. The number of Topliss-reactive ketones (excluding diaryl/α,β-unsaturated/α-hetero) is 1. The molecule has 2 rings (SSSR count). The lowest BCUT2D eigenvalue weighted by molar-refractivity contribution is -0.141. The lowest BCUT2D eigenvalue weighted by Crippen LogP contribution is -2.14. The van der Waals surface area contributed by atoms with Crippen LogP contribution in [0.5, 0.6) is 0 Å². The van der Waals surface area contributed by atoms with E-state index < -0.39 is 23.6 Å². The van der Waals surface area contributed by atoms with E-state index in [0.29, 0.717) is 10.7 Å². The summed E-state index contributed by atoms with van der Waals surface area (Å²) in [6.45, 7) is 1.74. The molecular weight excluding hydrogens is 349 g/mol. The second-order valence-corrected chi connectivity index (χ2v) is 6.20. The van der Waals surface area contributed by atoms with Crippen LogP contribution in [-0.4, -0.2) is 26.5 Å². The number of alkyl halides is 3. The van der Waals surface area contributed by atoms with Gasteiger partial charge in [0.15, 0.2) is 16.9 Å². The monoisotopic (exact) mass is 358 g/mol. The minimum atomic E-state index is -4.57. The largest absolute Gasteiger partial charge is 0.433 e. The number of aryl methyl sites for hydroxylation is 1. The molecule has 5 nitrogen and oxygen atoms in total. The van der Waals surface area contributed by atoms with Gasteiger partial charge in [-0.3, -0.25) is 4.79 Å². The van der Waals surface area contributed by atoms with Crippen LogP contribution < -0.4 is 0 Å². The average Bonchev–Trinajstić information content (AvgIpc) is 2.91. The van der Waals surface area contributed by atoms with Crippen molar-refractivity contribution in [2.24, 2.45) is 0 Å². The number of aromatic nitrogens is 3. The van der Waals surface area contributed by atoms with Crippen molar-refractivity contribution in [3.05, 3.63) is 34.0 Å². The molecule has 0 saturated heterocycles.